The van der Waals surface area contributed by atoms with Crippen LogP contribution in [-0.4, -0.2) is 22.8 Å². The minimum atomic E-state index is -0.583. The average Bonchev–Trinajstić information content (AvgIpc) is 2.98. The molecule has 3 aromatic rings. The monoisotopic (exact) mass is 341 g/mol. The third kappa shape index (κ3) is 3.40. The number of carbonyl (C=O) groups is 1. The van der Waals surface area contributed by atoms with Gasteiger partial charge in [-0.25, -0.2) is 4.79 Å². The quantitative estimate of drug-likeness (QED) is 0.719. The number of amides is 1. The number of aromatic nitrogens is 2. The molecule has 1 N–H and O–H groups in total. The van der Waals surface area contributed by atoms with E-state index in [2.05, 4.69) is 10.4 Å². The number of aryl methyl sites for hydroxylation is 2. The molecule has 2 heterocycles. The van der Waals surface area contributed by atoms with Crippen LogP contribution in [0.2, 0.25) is 0 Å². The summed E-state index contributed by atoms with van der Waals surface area (Å²) < 4.78 is 12.1. The Morgan fingerprint density at radius 2 is 2.16 bits per heavy atom. The SMILES string of the molecule is CCn1cc(CNC(=O)c2cc(=O)oc3cc(OC)ccc23)c(C)n1. The van der Waals surface area contributed by atoms with E-state index in [1.807, 2.05) is 24.7 Å². The number of carbonyl (C=O) groups excluding carboxylic acids is 1. The minimum Gasteiger partial charge on any atom is -0.497 e. The van der Waals surface area contributed by atoms with Gasteiger partial charge in [0.05, 0.1) is 18.4 Å². The molecule has 0 bridgehead atoms. The first kappa shape index (κ1) is 16.8. The first-order valence-corrected chi connectivity index (χ1v) is 7.95. The lowest BCUT2D eigenvalue weighted by Crippen LogP contribution is -2.24. The van der Waals surface area contributed by atoms with Gasteiger partial charge >= 0.3 is 5.63 Å². The van der Waals surface area contributed by atoms with E-state index in [1.165, 1.54) is 13.2 Å². The predicted molar refractivity (Wildman–Crippen MR) is 92.8 cm³/mol. The Labute approximate surface area is 144 Å². The third-order valence-electron chi connectivity index (χ3n) is 4.01. The molecule has 7 heteroatoms. The second-order valence-electron chi connectivity index (χ2n) is 5.62. The molecule has 1 aromatic carbocycles. The van der Waals surface area contributed by atoms with Crippen LogP contribution in [0.4, 0.5) is 0 Å². The third-order valence-corrected chi connectivity index (χ3v) is 4.01. The molecule has 0 spiro atoms. The fourth-order valence-corrected chi connectivity index (χ4v) is 2.62. The maximum Gasteiger partial charge on any atom is 0.337 e. The van der Waals surface area contributed by atoms with Crippen LogP contribution in [0.25, 0.3) is 11.0 Å². The summed E-state index contributed by atoms with van der Waals surface area (Å²) >= 11 is 0. The lowest BCUT2D eigenvalue weighted by Gasteiger charge is -2.08. The van der Waals surface area contributed by atoms with Gasteiger partial charge in [0.2, 0.25) is 0 Å². The van der Waals surface area contributed by atoms with Crippen LogP contribution in [0.1, 0.15) is 28.5 Å². The van der Waals surface area contributed by atoms with Gasteiger partial charge in [-0.1, -0.05) is 0 Å². The van der Waals surface area contributed by atoms with Gasteiger partial charge < -0.3 is 14.5 Å². The van der Waals surface area contributed by atoms with Gasteiger partial charge in [-0.3, -0.25) is 9.48 Å². The fraction of sp³-hybridized carbons (Fsp3) is 0.278. The summed E-state index contributed by atoms with van der Waals surface area (Å²) in [4.78, 5) is 24.4. The standard InChI is InChI=1S/C18H19N3O4/c1-4-21-10-12(11(2)20-21)9-19-18(23)15-8-17(22)25-16-7-13(24-3)5-6-14(15)16/h5-8,10H,4,9H2,1-3H3,(H,19,23). The summed E-state index contributed by atoms with van der Waals surface area (Å²) in [6.07, 6.45) is 1.90. The van der Waals surface area contributed by atoms with Crippen molar-refractivity contribution >= 4 is 16.9 Å². The largest absolute Gasteiger partial charge is 0.497 e. The first-order chi connectivity index (χ1) is 12.0. The summed E-state index contributed by atoms with van der Waals surface area (Å²) in [7, 11) is 1.52. The maximum absolute atomic E-state index is 12.6. The summed E-state index contributed by atoms with van der Waals surface area (Å²) in [6, 6.07) is 6.20. The van der Waals surface area contributed by atoms with Crippen LogP contribution in [0.15, 0.2) is 39.7 Å². The van der Waals surface area contributed by atoms with Gasteiger partial charge in [0.1, 0.15) is 11.3 Å². The van der Waals surface area contributed by atoms with Crippen LogP contribution in [0.3, 0.4) is 0 Å². The van der Waals surface area contributed by atoms with Crippen LogP contribution >= 0.6 is 0 Å². The van der Waals surface area contributed by atoms with Gasteiger partial charge in [0.25, 0.3) is 5.91 Å². The number of hydrogen-bond acceptors (Lipinski definition) is 5. The molecule has 0 radical (unpaired) electrons. The van der Waals surface area contributed by atoms with E-state index in [0.29, 0.717) is 23.3 Å². The van der Waals surface area contributed by atoms with Gasteiger partial charge in [0.15, 0.2) is 0 Å². The highest BCUT2D eigenvalue weighted by molar-refractivity contribution is 6.05. The predicted octanol–water partition coefficient (Wildman–Crippen LogP) is 2.26. The molecule has 130 valence electrons. The molecular formula is C18H19N3O4. The molecular weight excluding hydrogens is 322 g/mol. The summed E-state index contributed by atoms with van der Waals surface area (Å²) in [5.74, 6) is 0.211. The summed E-state index contributed by atoms with van der Waals surface area (Å²) in [5, 5.41) is 7.74. The lowest BCUT2D eigenvalue weighted by molar-refractivity contribution is 0.0952. The maximum atomic E-state index is 12.6. The van der Waals surface area contributed by atoms with Crippen molar-refractivity contribution in [2.24, 2.45) is 0 Å². The summed E-state index contributed by atoms with van der Waals surface area (Å²) in [6.45, 7) is 4.99. The molecule has 25 heavy (non-hydrogen) atoms. The molecule has 1 amide bonds. The van der Waals surface area contributed by atoms with Crippen molar-refractivity contribution < 1.29 is 13.9 Å². The Morgan fingerprint density at radius 1 is 1.36 bits per heavy atom. The zero-order valence-electron chi connectivity index (χ0n) is 14.3. The van der Waals surface area contributed by atoms with Crippen LogP contribution < -0.4 is 15.7 Å². The molecule has 0 aliphatic carbocycles. The van der Waals surface area contributed by atoms with Gasteiger partial charge in [0, 0.05) is 42.4 Å². The number of rotatable bonds is 5. The highest BCUT2D eigenvalue weighted by Gasteiger charge is 2.14. The van der Waals surface area contributed by atoms with Gasteiger partial charge in [-0.2, -0.15) is 5.10 Å². The number of methoxy groups -OCH3 is 1. The topological polar surface area (TPSA) is 86.4 Å². The molecule has 0 aliphatic heterocycles. The van der Waals surface area contributed by atoms with Crippen molar-refractivity contribution in [2.75, 3.05) is 7.11 Å². The molecule has 0 atom stereocenters. The molecule has 0 aliphatic rings. The zero-order valence-corrected chi connectivity index (χ0v) is 14.3. The number of hydrogen-bond donors (Lipinski definition) is 1. The lowest BCUT2D eigenvalue weighted by atomic mass is 10.1. The van der Waals surface area contributed by atoms with Crippen molar-refractivity contribution in [3.8, 4) is 5.75 Å². The van der Waals surface area contributed by atoms with E-state index in [1.54, 1.807) is 18.2 Å². The minimum absolute atomic E-state index is 0.273. The van der Waals surface area contributed by atoms with E-state index in [-0.39, 0.29) is 11.5 Å². The van der Waals surface area contributed by atoms with Crippen LogP contribution in [0, 0.1) is 6.92 Å². The molecule has 7 nitrogen and oxygen atoms in total. The highest BCUT2D eigenvalue weighted by atomic mass is 16.5. The second-order valence-corrected chi connectivity index (χ2v) is 5.62. The molecule has 0 fully saturated rings. The molecule has 0 saturated carbocycles. The number of nitrogens with zero attached hydrogens (tertiary/aromatic N) is 2. The van der Waals surface area contributed by atoms with Crippen molar-refractivity contribution in [3.63, 3.8) is 0 Å². The van der Waals surface area contributed by atoms with E-state index in [4.69, 9.17) is 9.15 Å². The Bertz CT molecular complexity index is 988. The summed E-state index contributed by atoms with van der Waals surface area (Å²) in [5.41, 5.74) is 1.80. The first-order valence-electron chi connectivity index (χ1n) is 7.95. The van der Waals surface area contributed by atoms with Crippen molar-refractivity contribution in [1.29, 1.82) is 0 Å². The second kappa shape index (κ2) is 6.80. The van der Waals surface area contributed by atoms with E-state index >= 15 is 0 Å². The van der Waals surface area contributed by atoms with Gasteiger partial charge in [-0.15, -0.1) is 0 Å². The number of fused-ring (bicyclic) bond motifs is 1. The van der Waals surface area contributed by atoms with Crippen molar-refractivity contribution in [2.45, 2.75) is 26.9 Å². The Morgan fingerprint density at radius 3 is 2.84 bits per heavy atom. The van der Waals surface area contributed by atoms with Crippen LogP contribution in [-0.2, 0) is 13.1 Å². The number of ether oxygens (including phenoxy) is 1. The number of benzene rings is 1. The van der Waals surface area contributed by atoms with Crippen molar-refractivity contribution in [1.82, 2.24) is 15.1 Å². The highest BCUT2D eigenvalue weighted by Crippen LogP contribution is 2.22. The van der Waals surface area contributed by atoms with E-state index in [9.17, 15) is 9.59 Å². The molecule has 0 unspecified atom stereocenters. The molecule has 2 aromatic heterocycles. The zero-order chi connectivity index (χ0) is 18.0. The Hall–Kier alpha value is -3.09. The van der Waals surface area contributed by atoms with E-state index < -0.39 is 5.63 Å². The molecule has 3 rings (SSSR count). The normalized spacial score (nSPS) is 10.8. The van der Waals surface area contributed by atoms with Crippen molar-refractivity contribution in [3.05, 3.63) is 57.7 Å². The van der Waals surface area contributed by atoms with Gasteiger partial charge in [-0.05, 0) is 26.0 Å². The van der Waals surface area contributed by atoms with Crippen LogP contribution in [0.5, 0.6) is 5.75 Å². The Balaban J connectivity index is 1.88. The van der Waals surface area contributed by atoms with E-state index in [0.717, 1.165) is 17.8 Å². The average molecular weight is 341 g/mol. The fourth-order valence-electron chi connectivity index (χ4n) is 2.62. The smallest absolute Gasteiger partial charge is 0.337 e. The Kier molecular flexibility index (Phi) is 4.56. The molecule has 0 saturated heterocycles. The number of nitrogens with one attached hydrogen (secondary N) is 1.